The van der Waals surface area contributed by atoms with Crippen molar-refractivity contribution in [2.24, 2.45) is 0 Å². The third-order valence-corrected chi connectivity index (χ3v) is 8.42. The maximum Gasteiger partial charge on any atom is 0.262 e. The average Bonchev–Trinajstić information content (AvgIpc) is 3.52. The fraction of sp³-hybridized carbons (Fsp3) is 0.344. The zero-order valence-corrected chi connectivity index (χ0v) is 24.0. The molecule has 2 N–H and O–H groups in total. The molecule has 6 rings (SSSR count). The normalized spacial score (nSPS) is 25.4. The first-order chi connectivity index (χ1) is 21.2. The van der Waals surface area contributed by atoms with Crippen molar-refractivity contribution < 1.29 is 37.4 Å². The Morgan fingerprint density at radius 1 is 1.14 bits per heavy atom. The highest BCUT2D eigenvalue weighted by Crippen LogP contribution is 2.38. The van der Waals surface area contributed by atoms with Crippen LogP contribution in [0.1, 0.15) is 30.2 Å². The van der Waals surface area contributed by atoms with Gasteiger partial charge in [0.05, 0.1) is 26.0 Å². The van der Waals surface area contributed by atoms with Crippen molar-refractivity contribution in [1.29, 1.82) is 0 Å². The molecule has 230 valence electrons. The molecular weight excluding hydrogens is 574 g/mol. The highest BCUT2D eigenvalue weighted by Gasteiger charge is 2.61. The Balaban J connectivity index is 1.33. The van der Waals surface area contributed by atoms with Crippen LogP contribution in [0, 0.1) is 11.6 Å². The number of Topliss-reactive ketones (excluding diaryl/α,β-unsaturated/α-hetero) is 1. The number of ether oxygens (including phenoxy) is 1. The number of fused-ring (bicyclic) bond motifs is 2. The van der Waals surface area contributed by atoms with Gasteiger partial charge in [-0.25, -0.2) is 8.78 Å². The minimum Gasteiger partial charge on any atom is -0.468 e. The van der Waals surface area contributed by atoms with Gasteiger partial charge in [-0.1, -0.05) is 36.4 Å². The molecule has 3 aliphatic heterocycles. The number of halogens is 2. The highest BCUT2D eigenvalue weighted by molar-refractivity contribution is 6.23. The Hall–Kier alpha value is -4.39. The number of rotatable bonds is 8. The van der Waals surface area contributed by atoms with Crippen LogP contribution in [-0.4, -0.2) is 74.5 Å². The summed E-state index contributed by atoms with van der Waals surface area (Å²) in [6.07, 6.45) is 3.06. The molecule has 3 aromatic rings. The number of carbonyl (C=O) groups excluding carboxylic acids is 3. The molecule has 4 atom stereocenters. The lowest BCUT2D eigenvalue weighted by Crippen LogP contribution is -2.76. The topological polar surface area (TPSA) is 116 Å². The summed E-state index contributed by atoms with van der Waals surface area (Å²) in [7, 11) is 0. The van der Waals surface area contributed by atoms with Crippen molar-refractivity contribution in [2.75, 3.05) is 13.1 Å². The fourth-order valence-electron chi connectivity index (χ4n) is 6.11. The zero-order chi connectivity index (χ0) is 31.0. The molecule has 2 aromatic carbocycles. The summed E-state index contributed by atoms with van der Waals surface area (Å²) in [5.41, 5.74) is 0.192. The van der Waals surface area contributed by atoms with Crippen LogP contribution in [0.25, 0.3) is 0 Å². The molecule has 0 saturated carbocycles. The lowest BCUT2D eigenvalue weighted by Gasteiger charge is -2.57. The Labute approximate surface area is 252 Å². The maximum absolute atomic E-state index is 14.2. The van der Waals surface area contributed by atoms with Crippen LogP contribution in [-0.2, 0) is 38.8 Å². The van der Waals surface area contributed by atoms with Crippen molar-refractivity contribution in [1.82, 2.24) is 20.0 Å². The third kappa shape index (κ3) is 5.51. The van der Waals surface area contributed by atoms with Crippen LogP contribution in [0.15, 0.2) is 83.1 Å². The second-order valence-electron chi connectivity index (χ2n) is 11.3. The smallest absolute Gasteiger partial charge is 0.262 e. The molecule has 0 aliphatic carbocycles. The highest BCUT2D eigenvalue weighted by atomic mass is 19.1. The lowest BCUT2D eigenvalue weighted by atomic mass is 9.86. The van der Waals surface area contributed by atoms with E-state index in [9.17, 15) is 28.3 Å². The van der Waals surface area contributed by atoms with Gasteiger partial charge in [0.25, 0.3) is 17.6 Å². The number of benzene rings is 2. The van der Waals surface area contributed by atoms with E-state index in [0.717, 1.165) is 6.07 Å². The van der Waals surface area contributed by atoms with Crippen LogP contribution >= 0.6 is 0 Å². The molecule has 4 heterocycles. The van der Waals surface area contributed by atoms with E-state index >= 15 is 0 Å². The van der Waals surface area contributed by atoms with Crippen LogP contribution in [0.3, 0.4) is 0 Å². The van der Waals surface area contributed by atoms with Crippen LogP contribution in [0.5, 0.6) is 0 Å². The summed E-state index contributed by atoms with van der Waals surface area (Å²) in [6.45, 7) is 2.63. The Morgan fingerprint density at radius 2 is 1.93 bits per heavy atom. The first kappa shape index (κ1) is 29.7. The monoisotopic (exact) mass is 606 g/mol. The third-order valence-electron chi connectivity index (χ3n) is 8.42. The van der Waals surface area contributed by atoms with Gasteiger partial charge in [0, 0.05) is 37.0 Å². The second-order valence-corrected chi connectivity index (χ2v) is 11.3. The molecule has 44 heavy (non-hydrogen) atoms. The molecule has 2 amide bonds. The van der Waals surface area contributed by atoms with Crippen molar-refractivity contribution in [3.8, 4) is 0 Å². The first-order valence-corrected chi connectivity index (χ1v) is 14.4. The van der Waals surface area contributed by atoms with E-state index < -0.39 is 52.8 Å². The van der Waals surface area contributed by atoms with Gasteiger partial charge in [-0.15, -0.1) is 0 Å². The van der Waals surface area contributed by atoms with Gasteiger partial charge in [-0.05, 0) is 37.1 Å². The second kappa shape index (κ2) is 11.9. The van der Waals surface area contributed by atoms with Crippen LogP contribution < -0.4 is 5.32 Å². The Morgan fingerprint density at radius 3 is 2.66 bits per heavy atom. The first-order valence-electron chi connectivity index (χ1n) is 14.4. The summed E-state index contributed by atoms with van der Waals surface area (Å²) in [6, 6.07) is 13.8. The van der Waals surface area contributed by atoms with Gasteiger partial charge >= 0.3 is 0 Å². The number of furan rings is 1. The minimum atomic E-state index is -2.70. The molecule has 3 aliphatic rings. The standard InChI is InChI=1S/C32H32F2N4O6/c1-20-11-12-36(16-24-8-5-13-43-24)27-18-37-17-25(30(40)35-15-22-9-10-23(33)14-26(22)34)29(39)32(42,28(37)31(41)38(20)27)44-19-21-6-3-2-4-7-21/h2-10,13-14,17,20,27-28,42H,11-12,15-16,18-19H2,1H3,(H,35,40). The lowest BCUT2D eigenvalue weighted by molar-refractivity contribution is -0.245. The number of amides is 2. The molecule has 12 heteroatoms. The summed E-state index contributed by atoms with van der Waals surface area (Å²) < 4.78 is 39.0. The predicted octanol–water partition coefficient (Wildman–Crippen LogP) is 2.68. The fourth-order valence-corrected chi connectivity index (χ4v) is 6.11. The van der Waals surface area contributed by atoms with Crippen LogP contribution in [0.2, 0.25) is 0 Å². The zero-order valence-electron chi connectivity index (χ0n) is 24.0. The van der Waals surface area contributed by atoms with Crippen molar-refractivity contribution >= 4 is 17.6 Å². The predicted molar refractivity (Wildman–Crippen MR) is 152 cm³/mol. The summed E-state index contributed by atoms with van der Waals surface area (Å²) >= 11 is 0. The number of carbonyl (C=O) groups is 3. The summed E-state index contributed by atoms with van der Waals surface area (Å²) in [5.74, 6) is -6.11. The molecular formula is C32H32F2N4O6. The largest absolute Gasteiger partial charge is 0.468 e. The van der Waals surface area contributed by atoms with E-state index in [1.54, 1.807) is 47.6 Å². The number of nitrogens with zero attached hydrogens (tertiary/aromatic N) is 3. The van der Waals surface area contributed by atoms with E-state index in [2.05, 4.69) is 10.2 Å². The van der Waals surface area contributed by atoms with E-state index in [4.69, 9.17) is 9.15 Å². The molecule has 10 nitrogen and oxygen atoms in total. The Bertz CT molecular complexity index is 1580. The van der Waals surface area contributed by atoms with Gasteiger partial charge in [0.2, 0.25) is 5.78 Å². The van der Waals surface area contributed by atoms with Crippen molar-refractivity contribution in [3.63, 3.8) is 0 Å². The minimum absolute atomic E-state index is 0.00521. The van der Waals surface area contributed by atoms with Gasteiger partial charge < -0.3 is 29.4 Å². The molecule has 2 saturated heterocycles. The molecule has 0 bridgehead atoms. The van der Waals surface area contributed by atoms with E-state index in [0.29, 0.717) is 36.9 Å². The number of ketones is 1. The van der Waals surface area contributed by atoms with Crippen LogP contribution in [0.4, 0.5) is 8.78 Å². The maximum atomic E-state index is 14.2. The van der Waals surface area contributed by atoms with Gasteiger partial charge in [-0.2, -0.15) is 0 Å². The van der Waals surface area contributed by atoms with E-state index in [1.165, 1.54) is 17.2 Å². The van der Waals surface area contributed by atoms with Crippen molar-refractivity contribution in [2.45, 2.75) is 57.1 Å². The summed E-state index contributed by atoms with van der Waals surface area (Å²) in [5, 5.41) is 14.5. The van der Waals surface area contributed by atoms with Gasteiger partial charge in [0.1, 0.15) is 29.1 Å². The summed E-state index contributed by atoms with van der Waals surface area (Å²) in [4.78, 5) is 46.7. The van der Waals surface area contributed by atoms with Crippen molar-refractivity contribution in [3.05, 3.63) is 107 Å². The molecule has 4 unspecified atom stereocenters. The number of aliphatic hydroxyl groups is 1. The Kier molecular flexibility index (Phi) is 8.06. The molecule has 0 spiro atoms. The van der Waals surface area contributed by atoms with Gasteiger partial charge in [0.15, 0.2) is 6.04 Å². The number of nitrogens with one attached hydrogen (secondary N) is 1. The molecule has 2 fully saturated rings. The van der Waals surface area contributed by atoms with E-state index in [1.807, 2.05) is 13.0 Å². The number of hydrogen-bond acceptors (Lipinski definition) is 8. The quantitative estimate of drug-likeness (QED) is 0.297. The molecule has 1 aromatic heterocycles. The van der Waals surface area contributed by atoms with E-state index in [-0.39, 0.29) is 31.3 Å². The number of piperazine rings is 1. The van der Waals surface area contributed by atoms with Gasteiger partial charge in [-0.3, -0.25) is 19.3 Å². The average molecular weight is 607 g/mol. The number of hydrogen-bond donors (Lipinski definition) is 2. The SMILES string of the molecule is CC1CCN(Cc2ccco2)C2CN3C=C(C(=O)NCc4ccc(F)cc4F)C(=O)C(O)(OCc4ccccc4)C3C(=O)N12. The molecule has 0 radical (unpaired) electrons.